The topological polar surface area (TPSA) is 35.5 Å². The van der Waals surface area contributed by atoms with Crippen LogP contribution < -0.4 is 4.74 Å². The fourth-order valence-electron chi connectivity index (χ4n) is 2.03. The molecule has 2 rings (SSSR count). The van der Waals surface area contributed by atoms with E-state index in [0.29, 0.717) is 30.4 Å². The van der Waals surface area contributed by atoms with Crippen LogP contribution in [0.4, 0.5) is 0 Å². The van der Waals surface area contributed by atoms with Gasteiger partial charge in [0.05, 0.1) is 12.2 Å². The molecule has 0 saturated heterocycles. The van der Waals surface area contributed by atoms with E-state index in [-0.39, 0.29) is 4.75 Å². The number of ether oxygens (including phenoxy) is 1. The molecule has 0 amide bonds. The molecule has 124 valence electrons. The van der Waals surface area contributed by atoms with E-state index in [9.17, 15) is 4.79 Å². The molecule has 1 aliphatic rings. The molecule has 1 saturated carbocycles. The van der Waals surface area contributed by atoms with Gasteiger partial charge in [-0.3, -0.25) is 4.79 Å². The molecule has 0 radical (unpaired) electrons. The fourth-order valence-corrected chi connectivity index (χ4v) is 2.87. The summed E-state index contributed by atoms with van der Waals surface area (Å²) < 4.78 is 11.9. The molecule has 22 heavy (non-hydrogen) atoms. The van der Waals surface area contributed by atoms with Crippen molar-refractivity contribution in [3.05, 3.63) is 29.3 Å². The van der Waals surface area contributed by atoms with E-state index in [4.69, 9.17) is 8.92 Å². The van der Waals surface area contributed by atoms with Crippen molar-refractivity contribution in [2.45, 2.75) is 44.3 Å². The second kappa shape index (κ2) is 6.63. The van der Waals surface area contributed by atoms with Crippen LogP contribution in [0.2, 0.25) is 0 Å². The molecule has 0 unspecified atom stereocenters. The lowest BCUT2D eigenvalue weighted by Gasteiger charge is -2.43. The quantitative estimate of drug-likeness (QED) is 0.545. The highest BCUT2D eigenvalue weighted by molar-refractivity contribution is 8.29. The minimum atomic E-state index is -1.13. The Morgan fingerprint density at radius 3 is 2.45 bits per heavy atom. The van der Waals surface area contributed by atoms with Crippen molar-refractivity contribution in [3.63, 3.8) is 0 Å². The molecule has 0 heterocycles. The number of hydrogen-bond donors (Lipinski definition) is 0. The number of aldehydes is 1. The summed E-state index contributed by atoms with van der Waals surface area (Å²) in [5.74, 6) is 1.30. The first-order chi connectivity index (χ1) is 10.2. The van der Waals surface area contributed by atoms with Gasteiger partial charge in [-0.2, -0.15) is 0 Å². The lowest BCUT2D eigenvalue weighted by atomic mass is 10.1. The summed E-state index contributed by atoms with van der Waals surface area (Å²) in [4.78, 5) is 11.2. The average molecular weight is 324 g/mol. The van der Waals surface area contributed by atoms with Crippen molar-refractivity contribution in [2.24, 2.45) is 0 Å². The highest BCUT2D eigenvalue weighted by atomic mass is 32.3. The van der Waals surface area contributed by atoms with Crippen LogP contribution >= 0.6 is 10.3 Å². The number of carbonyl (C=O) groups is 1. The van der Waals surface area contributed by atoms with Gasteiger partial charge in [-0.1, -0.05) is 26.8 Å². The molecule has 0 atom stereocenters. The van der Waals surface area contributed by atoms with Crippen molar-refractivity contribution in [1.29, 1.82) is 0 Å². The number of hydrogen-bond acceptors (Lipinski definition) is 3. The van der Waals surface area contributed by atoms with Crippen LogP contribution in [0, 0.1) is 0 Å². The minimum absolute atomic E-state index is 0.146. The fraction of sp³-hybridized carbons (Fsp3) is 0.611. The molecule has 1 aromatic carbocycles. The maximum absolute atomic E-state index is 11.2. The summed E-state index contributed by atoms with van der Waals surface area (Å²) in [5.41, 5.74) is 1.90. The molecular formula is C18H28O3S. The first-order valence-electron chi connectivity index (χ1n) is 7.84. The van der Waals surface area contributed by atoms with E-state index < -0.39 is 10.3 Å². The standard InChI is InChI=1S/C18H28O3S/c1-18(2,3)22(4,5)21-11-10-20-17-9-8-15(14-6-7-14)12-16(17)13-19/h8-9,12-14H,6-7,10-11H2,1-5H3. The highest BCUT2D eigenvalue weighted by Gasteiger charge is 2.28. The maximum atomic E-state index is 11.2. The number of benzene rings is 1. The summed E-state index contributed by atoms with van der Waals surface area (Å²) in [6, 6.07) is 5.95. The van der Waals surface area contributed by atoms with Crippen LogP contribution in [-0.4, -0.2) is 36.8 Å². The van der Waals surface area contributed by atoms with E-state index in [0.717, 1.165) is 6.29 Å². The SMILES string of the molecule is CC(C)(C)S(C)(C)OCCOc1ccc(C2CC2)cc1C=O. The maximum Gasteiger partial charge on any atom is 0.153 e. The smallest absolute Gasteiger partial charge is 0.153 e. The highest BCUT2D eigenvalue weighted by Crippen LogP contribution is 2.53. The zero-order chi connectivity index (χ0) is 16.4. The van der Waals surface area contributed by atoms with Crippen LogP contribution in [-0.2, 0) is 4.18 Å². The van der Waals surface area contributed by atoms with E-state index in [2.05, 4.69) is 39.3 Å². The van der Waals surface area contributed by atoms with Gasteiger partial charge in [-0.15, -0.1) is 10.3 Å². The lowest BCUT2D eigenvalue weighted by Crippen LogP contribution is -2.26. The Morgan fingerprint density at radius 2 is 1.91 bits per heavy atom. The zero-order valence-electron chi connectivity index (χ0n) is 14.3. The van der Waals surface area contributed by atoms with Gasteiger partial charge in [0.2, 0.25) is 0 Å². The molecule has 0 N–H and O–H groups in total. The average Bonchev–Trinajstić information content (AvgIpc) is 3.27. The summed E-state index contributed by atoms with van der Waals surface area (Å²) in [7, 11) is -1.13. The summed E-state index contributed by atoms with van der Waals surface area (Å²) in [6.45, 7) is 7.61. The third kappa shape index (κ3) is 4.26. The first-order valence-corrected chi connectivity index (χ1v) is 10.2. The molecule has 1 aromatic rings. The van der Waals surface area contributed by atoms with Gasteiger partial charge in [0.25, 0.3) is 0 Å². The minimum Gasteiger partial charge on any atom is -0.490 e. The Labute approximate surface area is 135 Å². The molecule has 0 bridgehead atoms. The van der Waals surface area contributed by atoms with Gasteiger partial charge in [-0.05, 0) is 49.0 Å². The van der Waals surface area contributed by atoms with Crippen LogP contribution in [0.25, 0.3) is 0 Å². The van der Waals surface area contributed by atoms with E-state index in [1.54, 1.807) is 0 Å². The van der Waals surface area contributed by atoms with Crippen LogP contribution in [0.5, 0.6) is 5.75 Å². The third-order valence-electron chi connectivity index (χ3n) is 4.40. The predicted molar refractivity (Wildman–Crippen MR) is 94.4 cm³/mol. The molecule has 1 aliphatic carbocycles. The van der Waals surface area contributed by atoms with Crippen LogP contribution in [0.15, 0.2) is 18.2 Å². The predicted octanol–water partition coefficient (Wildman–Crippen LogP) is 4.55. The molecule has 0 spiro atoms. The molecular weight excluding hydrogens is 296 g/mol. The van der Waals surface area contributed by atoms with Crippen molar-refractivity contribution >= 4 is 16.6 Å². The molecule has 1 fully saturated rings. The summed E-state index contributed by atoms with van der Waals surface area (Å²) in [5, 5.41) is 0. The van der Waals surface area contributed by atoms with Crippen molar-refractivity contribution in [1.82, 2.24) is 0 Å². The summed E-state index contributed by atoms with van der Waals surface area (Å²) in [6.07, 6.45) is 7.70. The van der Waals surface area contributed by atoms with E-state index in [1.807, 2.05) is 12.1 Å². The molecule has 0 aliphatic heterocycles. The van der Waals surface area contributed by atoms with Crippen molar-refractivity contribution in [2.75, 3.05) is 25.7 Å². The zero-order valence-corrected chi connectivity index (χ0v) is 15.2. The first kappa shape index (κ1) is 17.4. The van der Waals surface area contributed by atoms with Gasteiger partial charge in [-0.25, -0.2) is 0 Å². The Kier molecular flexibility index (Phi) is 5.23. The molecule has 0 aromatic heterocycles. The normalized spacial score (nSPS) is 16.4. The molecule has 3 nitrogen and oxygen atoms in total. The van der Waals surface area contributed by atoms with Gasteiger partial charge < -0.3 is 8.92 Å². The number of carbonyl (C=O) groups excluding carboxylic acids is 1. The Bertz CT molecular complexity index is 528. The van der Waals surface area contributed by atoms with Crippen molar-refractivity contribution in [3.8, 4) is 5.75 Å². The largest absolute Gasteiger partial charge is 0.490 e. The molecule has 4 heteroatoms. The Morgan fingerprint density at radius 1 is 1.23 bits per heavy atom. The van der Waals surface area contributed by atoms with E-state index >= 15 is 0 Å². The second-order valence-corrected chi connectivity index (χ2v) is 11.1. The van der Waals surface area contributed by atoms with Crippen LogP contribution in [0.1, 0.15) is 55.5 Å². The van der Waals surface area contributed by atoms with E-state index in [1.165, 1.54) is 18.4 Å². The lowest BCUT2D eigenvalue weighted by molar-refractivity contribution is 0.111. The van der Waals surface area contributed by atoms with Gasteiger partial charge in [0, 0.05) is 4.75 Å². The Balaban J connectivity index is 1.88. The Hall–Kier alpha value is -1.00. The number of rotatable bonds is 7. The van der Waals surface area contributed by atoms with Gasteiger partial charge in [0.1, 0.15) is 12.4 Å². The van der Waals surface area contributed by atoms with Gasteiger partial charge in [0.15, 0.2) is 6.29 Å². The third-order valence-corrected chi connectivity index (χ3v) is 8.11. The second-order valence-electron chi connectivity index (χ2n) is 7.21. The monoisotopic (exact) mass is 324 g/mol. The van der Waals surface area contributed by atoms with Crippen LogP contribution in [0.3, 0.4) is 0 Å². The van der Waals surface area contributed by atoms with Gasteiger partial charge >= 0.3 is 0 Å². The van der Waals surface area contributed by atoms with Crippen molar-refractivity contribution < 1.29 is 13.7 Å². The summed E-state index contributed by atoms with van der Waals surface area (Å²) >= 11 is 0.